The number of hydrogen-bond acceptors (Lipinski definition) is 3. The molecule has 0 aliphatic heterocycles. The van der Waals surface area contributed by atoms with Crippen molar-refractivity contribution in [2.45, 2.75) is 52.3 Å². The number of ether oxygens (including phenoxy) is 1. The SMILES string of the molecule is CCC(Oc1c(Cl)cccc1CNC(C)(C)C)C(=O)O. The summed E-state index contributed by atoms with van der Waals surface area (Å²) in [5, 5.41) is 12.9. The predicted molar refractivity (Wildman–Crippen MR) is 80.4 cm³/mol. The van der Waals surface area contributed by atoms with E-state index < -0.39 is 12.1 Å². The topological polar surface area (TPSA) is 58.6 Å². The van der Waals surface area contributed by atoms with Gasteiger partial charge in [-0.3, -0.25) is 0 Å². The Morgan fingerprint density at radius 2 is 2.10 bits per heavy atom. The maximum Gasteiger partial charge on any atom is 0.344 e. The second kappa shape index (κ2) is 6.95. The summed E-state index contributed by atoms with van der Waals surface area (Å²) in [7, 11) is 0. The van der Waals surface area contributed by atoms with E-state index >= 15 is 0 Å². The van der Waals surface area contributed by atoms with Gasteiger partial charge in [0.05, 0.1) is 5.02 Å². The monoisotopic (exact) mass is 299 g/mol. The lowest BCUT2D eigenvalue weighted by Crippen LogP contribution is -2.35. The molecule has 0 bridgehead atoms. The molecule has 0 aliphatic carbocycles. The van der Waals surface area contributed by atoms with Crippen molar-refractivity contribution in [2.75, 3.05) is 0 Å². The van der Waals surface area contributed by atoms with Crippen molar-refractivity contribution in [1.29, 1.82) is 0 Å². The van der Waals surface area contributed by atoms with Gasteiger partial charge in [0.1, 0.15) is 5.75 Å². The Bertz CT molecular complexity index is 469. The number of carboxylic acids is 1. The summed E-state index contributed by atoms with van der Waals surface area (Å²) in [5.41, 5.74) is 0.809. The molecule has 4 nitrogen and oxygen atoms in total. The number of aliphatic carboxylic acids is 1. The lowest BCUT2D eigenvalue weighted by atomic mass is 10.1. The second-order valence-corrected chi connectivity index (χ2v) is 6.09. The van der Waals surface area contributed by atoms with Crippen molar-refractivity contribution in [3.8, 4) is 5.75 Å². The predicted octanol–water partition coefficient (Wildman–Crippen LogP) is 3.47. The summed E-state index contributed by atoms with van der Waals surface area (Å²) in [6.07, 6.45) is -0.504. The van der Waals surface area contributed by atoms with Gasteiger partial charge in [0.25, 0.3) is 0 Å². The highest BCUT2D eigenvalue weighted by Gasteiger charge is 2.20. The first-order valence-electron chi connectivity index (χ1n) is 6.66. The molecule has 0 aliphatic rings. The molecule has 2 N–H and O–H groups in total. The Balaban J connectivity index is 2.96. The molecule has 0 heterocycles. The molecule has 1 aromatic carbocycles. The van der Waals surface area contributed by atoms with E-state index in [2.05, 4.69) is 26.1 Å². The third kappa shape index (κ3) is 5.02. The van der Waals surface area contributed by atoms with Crippen LogP contribution in [0, 0.1) is 0 Å². The molecule has 0 saturated carbocycles. The van der Waals surface area contributed by atoms with Crippen molar-refractivity contribution in [2.24, 2.45) is 0 Å². The van der Waals surface area contributed by atoms with E-state index in [1.165, 1.54) is 0 Å². The standard InChI is InChI=1S/C15H22ClNO3/c1-5-12(14(18)19)20-13-10(7-6-8-11(13)16)9-17-15(2,3)4/h6-8,12,17H,5,9H2,1-4H3,(H,18,19). The van der Waals surface area contributed by atoms with Gasteiger partial charge in [-0.05, 0) is 33.3 Å². The molecule has 0 radical (unpaired) electrons. The van der Waals surface area contributed by atoms with Crippen LogP contribution in [-0.2, 0) is 11.3 Å². The Morgan fingerprint density at radius 1 is 1.45 bits per heavy atom. The summed E-state index contributed by atoms with van der Waals surface area (Å²) < 4.78 is 5.58. The zero-order chi connectivity index (χ0) is 15.3. The summed E-state index contributed by atoms with van der Waals surface area (Å²) in [6.45, 7) is 8.51. The lowest BCUT2D eigenvalue weighted by Gasteiger charge is -2.23. The van der Waals surface area contributed by atoms with Crippen LogP contribution in [0.15, 0.2) is 18.2 Å². The fourth-order valence-electron chi connectivity index (χ4n) is 1.64. The van der Waals surface area contributed by atoms with Crippen LogP contribution in [0.3, 0.4) is 0 Å². The number of carboxylic acid groups (broad SMARTS) is 1. The molecule has 1 rings (SSSR count). The third-order valence-corrected chi connectivity index (χ3v) is 3.06. The van der Waals surface area contributed by atoms with E-state index in [-0.39, 0.29) is 5.54 Å². The van der Waals surface area contributed by atoms with Crippen LogP contribution in [0.5, 0.6) is 5.75 Å². The van der Waals surface area contributed by atoms with E-state index in [0.29, 0.717) is 23.7 Å². The number of benzene rings is 1. The van der Waals surface area contributed by atoms with Crippen molar-refractivity contribution in [1.82, 2.24) is 5.32 Å². The Kier molecular flexibility index (Phi) is 5.84. The summed E-state index contributed by atoms with van der Waals surface area (Å²) in [5.74, 6) is -0.540. The molecule has 1 atom stereocenters. The van der Waals surface area contributed by atoms with Gasteiger partial charge < -0.3 is 15.2 Å². The lowest BCUT2D eigenvalue weighted by molar-refractivity contribution is -0.145. The molecule has 5 heteroatoms. The van der Waals surface area contributed by atoms with Crippen LogP contribution in [0.1, 0.15) is 39.7 Å². The maximum atomic E-state index is 11.1. The van der Waals surface area contributed by atoms with Gasteiger partial charge in [0, 0.05) is 17.6 Å². The van der Waals surface area contributed by atoms with E-state index in [0.717, 1.165) is 5.56 Å². The number of halogens is 1. The zero-order valence-corrected chi connectivity index (χ0v) is 13.1. The highest BCUT2D eigenvalue weighted by Crippen LogP contribution is 2.30. The van der Waals surface area contributed by atoms with Gasteiger partial charge in [0.2, 0.25) is 0 Å². The Morgan fingerprint density at radius 3 is 2.60 bits per heavy atom. The van der Waals surface area contributed by atoms with E-state index in [4.69, 9.17) is 21.4 Å². The molecular formula is C15H22ClNO3. The Hall–Kier alpha value is -1.26. The first-order chi connectivity index (χ1) is 9.24. The van der Waals surface area contributed by atoms with Crippen molar-refractivity contribution >= 4 is 17.6 Å². The van der Waals surface area contributed by atoms with Crippen molar-refractivity contribution in [3.05, 3.63) is 28.8 Å². The van der Waals surface area contributed by atoms with Gasteiger partial charge in [-0.2, -0.15) is 0 Å². The van der Waals surface area contributed by atoms with Crippen LogP contribution in [0.25, 0.3) is 0 Å². The minimum absolute atomic E-state index is 0.0451. The zero-order valence-electron chi connectivity index (χ0n) is 12.4. The number of para-hydroxylation sites is 1. The minimum atomic E-state index is -0.984. The average Bonchev–Trinajstić information content (AvgIpc) is 2.33. The molecule has 1 unspecified atom stereocenters. The summed E-state index contributed by atoms with van der Waals surface area (Å²) in [4.78, 5) is 11.1. The molecule has 0 fully saturated rings. The molecule has 112 valence electrons. The van der Waals surface area contributed by atoms with Crippen LogP contribution in [0.4, 0.5) is 0 Å². The average molecular weight is 300 g/mol. The normalized spacial score (nSPS) is 13.1. The second-order valence-electron chi connectivity index (χ2n) is 5.68. The van der Waals surface area contributed by atoms with Crippen LogP contribution in [-0.4, -0.2) is 22.7 Å². The smallest absolute Gasteiger partial charge is 0.344 e. The number of rotatable bonds is 6. The fourth-order valence-corrected chi connectivity index (χ4v) is 1.87. The van der Waals surface area contributed by atoms with Crippen molar-refractivity contribution < 1.29 is 14.6 Å². The molecule has 0 aromatic heterocycles. The van der Waals surface area contributed by atoms with Gasteiger partial charge >= 0.3 is 5.97 Å². The first kappa shape index (κ1) is 16.8. The molecule has 20 heavy (non-hydrogen) atoms. The highest BCUT2D eigenvalue weighted by atomic mass is 35.5. The van der Waals surface area contributed by atoms with Gasteiger partial charge in [-0.15, -0.1) is 0 Å². The van der Waals surface area contributed by atoms with E-state index in [9.17, 15) is 4.79 Å². The Labute approximate surface area is 125 Å². The molecule has 1 aromatic rings. The first-order valence-corrected chi connectivity index (χ1v) is 7.04. The third-order valence-electron chi connectivity index (χ3n) is 2.76. The molecule has 0 spiro atoms. The summed E-state index contributed by atoms with van der Waals surface area (Å²) >= 11 is 6.14. The maximum absolute atomic E-state index is 11.1. The van der Waals surface area contributed by atoms with Gasteiger partial charge in [0.15, 0.2) is 6.10 Å². The molecule has 0 amide bonds. The van der Waals surface area contributed by atoms with Crippen LogP contribution < -0.4 is 10.1 Å². The van der Waals surface area contributed by atoms with Crippen molar-refractivity contribution in [3.63, 3.8) is 0 Å². The van der Waals surface area contributed by atoms with Crippen LogP contribution >= 0.6 is 11.6 Å². The van der Waals surface area contributed by atoms with Crippen LogP contribution in [0.2, 0.25) is 5.02 Å². The summed E-state index contributed by atoms with van der Waals surface area (Å²) in [6, 6.07) is 5.41. The number of hydrogen-bond donors (Lipinski definition) is 2. The minimum Gasteiger partial charge on any atom is -0.479 e. The number of carbonyl (C=O) groups is 1. The van der Waals surface area contributed by atoms with E-state index in [1.807, 2.05) is 12.1 Å². The fraction of sp³-hybridized carbons (Fsp3) is 0.533. The largest absolute Gasteiger partial charge is 0.479 e. The highest BCUT2D eigenvalue weighted by molar-refractivity contribution is 6.32. The van der Waals surface area contributed by atoms with Gasteiger partial charge in [-0.25, -0.2) is 4.79 Å². The quantitative estimate of drug-likeness (QED) is 0.844. The molecule has 0 saturated heterocycles. The van der Waals surface area contributed by atoms with E-state index in [1.54, 1.807) is 13.0 Å². The number of nitrogens with one attached hydrogen (secondary N) is 1. The molecular weight excluding hydrogens is 278 g/mol. The van der Waals surface area contributed by atoms with Gasteiger partial charge in [-0.1, -0.05) is 30.7 Å².